The molecule has 0 saturated heterocycles. The van der Waals surface area contributed by atoms with Crippen molar-refractivity contribution in [3.8, 4) is 11.5 Å². The Kier molecular flexibility index (Phi) is 9.82. The first-order valence-electron chi connectivity index (χ1n) is 13.4. The molecule has 4 rings (SSSR count). The standard InChI is InChI=1S/C31H36N2O7S/c1-21(2)19-33(41(37,38)26-12-10-25(39-3)11-13-26)20-29(35)28(15-22-7-5-4-6-8-22)32-18-23-16-31(36)40-30-17-24(34)9-14-27(23)30/h4-14,16-17,21,28-29,32,34-35H,15,18-20H2,1-3H3/t28-,29+/m0/s1. The molecule has 0 unspecified atom stereocenters. The van der Waals surface area contributed by atoms with Gasteiger partial charge < -0.3 is 24.7 Å². The number of nitrogens with one attached hydrogen (secondary N) is 1. The van der Waals surface area contributed by atoms with Crippen LogP contribution in [0.25, 0.3) is 11.0 Å². The van der Waals surface area contributed by atoms with E-state index in [1.165, 1.54) is 41.7 Å². The molecular formula is C31H36N2O7S. The van der Waals surface area contributed by atoms with E-state index in [1.807, 2.05) is 44.2 Å². The van der Waals surface area contributed by atoms with E-state index in [0.29, 0.717) is 23.1 Å². The summed E-state index contributed by atoms with van der Waals surface area (Å²) in [7, 11) is -2.40. The van der Waals surface area contributed by atoms with E-state index in [9.17, 15) is 23.4 Å². The van der Waals surface area contributed by atoms with Crippen LogP contribution in [0.3, 0.4) is 0 Å². The number of sulfonamides is 1. The Morgan fingerprint density at radius 3 is 2.34 bits per heavy atom. The second-order valence-corrected chi connectivity index (χ2v) is 12.3. The summed E-state index contributed by atoms with van der Waals surface area (Å²) < 4.78 is 39.1. The number of phenolic OH excluding ortho intramolecular Hbond substituents is 1. The van der Waals surface area contributed by atoms with Gasteiger partial charge in [0.05, 0.1) is 18.1 Å². The third-order valence-electron chi connectivity index (χ3n) is 6.79. The van der Waals surface area contributed by atoms with Crippen molar-refractivity contribution in [2.45, 2.75) is 43.9 Å². The molecule has 218 valence electrons. The van der Waals surface area contributed by atoms with Crippen molar-refractivity contribution in [3.05, 3.63) is 100 Å². The van der Waals surface area contributed by atoms with Crippen molar-refractivity contribution < 1.29 is 27.8 Å². The number of benzene rings is 3. The Balaban J connectivity index is 1.62. The fourth-order valence-electron chi connectivity index (χ4n) is 4.73. The number of aromatic hydroxyl groups is 1. The highest BCUT2D eigenvalue weighted by Gasteiger charge is 2.30. The summed E-state index contributed by atoms with van der Waals surface area (Å²) in [5.74, 6) is 0.540. The Morgan fingerprint density at radius 1 is 0.976 bits per heavy atom. The fourth-order valence-corrected chi connectivity index (χ4v) is 6.35. The lowest BCUT2D eigenvalue weighted by Crippen LogP contribution is -2.49. The first kappa shape index (κ1) is 30.3. The number of nitrogens with zero attached hydrogens (tertiary/aromatic N) is 1. The molecule has 3 aromatic carbocycles. The summed E-state index contributed by atoms with van der Waals surface area (Å²) in [6.45, 7) is 4.13. The van der Waals surface area contributed by atoms with Crippen molar-refractivity contribution >= 4 is 21.0 Å². The molecule has 0 aliphatic heterocycles. The van der Waals surface area contributed by atoms with Crippen LogP contribution < -0.4 is 15.7 Å². The van der Waals surface area contributed by atoms with Crippen LogP contribution in [0.1, 0.15) is 25.0 Å². The topological polar surface area (TPSA) is 129 Å². The minimum atomic E-state index is -3.92. The highest BCUT2D eigenvalue weighted by atomic mass is 32.2. The number of ether oxygens (including phenoxy) is 1. The van der Waals surface area contributed by atoms with Gasteiger partial charge in [0.15, 0.2) is 0 Å². The van der Waals surface area contributed by atoms with E-state index < -0.39 is 27.8 Å². The summed E-state index contributed by atoms with van der Waals surface area (Å²) in [6.07, 6.45) is -0.669. The van der Waals surface area contributed by atoms with Crippen molar-refractivity contribution in [1.29, 1.82) is 0 Å². The highest BCUT2D eigenvalue weighted by Crippen LogP contribution is 2.24. The van der Waals surface area contributed by atoms with E-state index in [1.54, 1.807) is 18.2 Å². The third-order valence-corrected chi connectivity index (χ3v) is 8.63. The maximum atomic E-state index is 13.7. The molecule has 0 amide bonds. The van der Waals surface area contributed by atoms with E-state index in [2.05, 4.69) is 5.32 Å². The summed E-state index contributed by atoms with van der Waals surface area (Å²) >= 11 is 0. The minimum Gasteiger partial charge on any atom is -0.508 e. The van der Waals surface area contributed by atoms with Gasteiger partial charge in [0.2, 0.25) is 10.0 Å². The molecule has 4 aromatic rings. The molecule has 2 atom stereocenters. The SMILES string of the molecule is COc1ccc(S(=O)(=O)N(CC(C)C)C[C@@H](O)[C@H](Cc2ccccc2)NCc2cc(=O)oc3cc(O)ccc23)cc1. The minimum absolute atomic E-state index is 0.0158. The predicted octanol–water partition coefficient (Wildman–Crippen LogP) is 3.92. The number of aliphatic hydroxyl groups excluding tert-OH is 1. The number of aliphatic hydroxyl groups is 1. The summed E-state index contributed by atoms with van der Waals surface area (Å²) in [5.41, 5.74) is 1.28. The number of methoxy groups -OCH3 is 1. The molecule has 0 fully saturated rings. The molecule has 0 aliphatic rings. The maximum absolute atomic E-state index is 13.7. The van der Waals surface area contributed by atoms with Crippen molar-refractivity contribution in [3.63, 3.8) is 0 Å². The zero-order chi connectivity index (χ0) is 29.6. The lowest BCUT2D eigenvalue weighted by molar-refractivity contribution is 0.101. The number of hydrogen-bond acceptors (Lipinski definition) is 8. The van der Waals surface area contributed by atoms with Crippen molar-refractivity contribution in [1.82, 2.24) is 9.62 Å². The number of rotatable bonds is 13. The van der Waals surface area contributed by atoms with Gasteiger partial charge in [0.25, 0.3) is 0 Å². The normalized spacial score (nSPS) is 13.5. The van der Waals surface area contributed by atoms with Gasteiger partial charge >= 0.3 is 5.63 Å². The molecule has 0 bridgehead atoms. The van der Waals surface area contributed by atoms with Crippen molar-refractivity contribution in [2.75, 3.05) is 20.2 Å². The molecule has 1 heterocycles. The molecule has 0 aliphatic carbocycles. The monoisotopic (exact) mass is 580 g/mol. The predicted molar refractivity (Wildman–Crippen MR) is 158 cm³/mol. The first-order chi connectivity index (χ1) is 19.6. The van der Waals surface area contributed by atoms with Crippen LogP contribution in [0.5, 0.6) is 11.5 Å². The van der Waals surface area contributed by atoms with Crippen LogP contribution in [-0.2, 0) is 23.0 Å². The smallest absolute Gasteiger partial charge is 0.336 e. The van der Waals surface area contributed by atoms with Gasteiger partial charge in [0.1, 0.15) is 17.1 Å². The molecule has 10 heteroatoms. The molecule has 9 nitrogen and oxygen atoms in total. The summed E-state index contributed by atoms with van der Waals surface area (Å²) in [4.78, 5) is 12.3. The molecule has 0 saturated carbocycles. The van der Waals surface area contributed by atoms with Crippen LogP contribution in [0.2, 0.25) is 0 Å². The zero-order valence-corrected chi connectivity index (χ0v) is 24.2. The summed E-state index contributed by atoms with van der Waals surface area (Å²) in [6, 6.07) is 21.1. The van der Waals surface area contributed by atoms with Gasteiger partial charge in [-0.1, -0.05) is 44.2 Å². The summed E-state index contributed by atoms with van der Waals surface area (Å²) in [5, 5.41) is 25.3. The second kappa shape index (κ2) is 13.3. The quantitative estimate of drug-likeness (QED) is 0.203. The molecule has 0 spiro atoms. The van der Waals surface area contributed by atoms with Gasteiger partial charge in [-0.15, -0.1) is 0 Å². The zero-order valence-electron chi connectivity index (χ0n) is 23.4. The van der Waals surface area contributed by atoms with Gasteiger partial charge in [-0.05, 0) is 59.9 Å². The lowest BCUT2D eigenvalue weighted by atomic mass is 10.00. The average Bonchev–Trinajstić information content (AvgIpc) is 2.94. The van der Waals surface area contributed by atoms with Crippen LogP contribution in [0.15, 0.2) is 93.0 Å². The van der Waals surface area contributed by atoms with Crippen LogP contribution in [0, 0.1) is 5.92 Å². The van der Waals surface area contributed by atoms with E-state index in [-0.39, 0.29) is 41.8 Å². The number of hydrogen-bond donors (Lipinski definition) is 3. The number of phenols is 1. The van der Waals surface area contributed by atoms with Gasteiger partial charge in [0, 0.05) is 43.2 Å². The Hall–Kier alpha value is -3.70. The highest BCUT2D eigenvalue weighted by molar-refractivity contribution is 7.89. The molecule has 3 N–H and O–H groups in total. The van der Waals surface area contributed by atoms with Gasteiger partial charge in [-0.25, -0.2) is 13.2 Å². The van der Waals surface area contributed by atoms with Gasteiger partial charge in [-0.2, -0.15) is 4.31 Å². The Bertz CT molecular complexity index is 1600. The Morgan fingerprint density at radius 2 is 1.68 bits per heavy atom. The molecule has 0 radical (unpaired) electrons. The lowest BCUT2D eigenvalue weighted by Gasteiger charge is -2.31. The molecule has 41 heavy (non-hydrogen) atoms. The van der Waals surface area contributed by atoms with Crippen LogP contribution in [0.4, 0.5) is 0 Å². The molecule has 1 aromatic heterocycles. The molecular weight excluding hydrogens is 544 g/mol. The van der Waals surface area contributed by atoms with E-state index in [4.69, 9.17) is 9.15 Å². The Labute approximate surface area is 240 Å². The second-order valence-electron chi connectivity index (χ2n) is 10.4. The van der Waals surface area contributed by atoms with E-state index >= 15 is 0 Å². The average molecular weight is 581 g/mol. The van der Waals surface area contributed by atoms with Crippen LogP contribution >= 0.6 is 0 Å². The number of fused-ring (bicyclic) bond motifs is 1. The fraction of sp³-hybridized carbons (Fsp3) is 0.323. The van der Waals surface area contributed by atoms with E-state index in [0.717, 1.165) is 5.56 Å². The first-order valence-corrected chi connectivity index (χ1v) is 14.9. The van der Waals surface area contributed by atoms with Crippen LogP contribution in [-0.4, -0.2) is 55.3 Å². The van der Waals surface area contributed by atoms with Crippen molar-refractivity contribution in [2.24, 2.45) is 5.92 Å². The largest absolute Gasteiger partial charge is 0.508 e. The van der Waals surface area contributed by atoms with Gasteiger partial charge in [-0.3, -0.25) is 0 Å². The third kappa shape index (κ3) is 7.74. The maximum Gasteiger partial charge on any atom is 0.336 e.